The van der Waals surface area contributed by atoms with Crippen LogP contribution >= 0.6 is 0 Å². The van der Waals surface area contributed by atoms with Gasteiger partial charge in [-0.1, -0.05) is 51.1 Å². The van der Waals surface area contributed by atoms with Crippen molar-refractivity contribution in [2.24, 2.45) is 0 Å². The van der Waals surface area contributed by atoms with E-state index in [4.69, 9.17) is 14.2 Å². The highest BCUT2D eigenvalue weighted by Crippen LogP contribution is 2.40. The van der Waals surface area contributed by atoms with Crippen LogP contribution in [0.3, 0.4) is 0 Å². The maximum atomic E-state index is 6.06. The summed E-state index contributed by atoms with van der Waals surface area (Å²) in [6.07, 6.45) is 0. The Kier molecular flexibility index (Phi) is 4.96. The number of methoxy groups -OCH3 is 2. The zero-order valence-electron chi connectivity index (χ0n) is 14.0. The molecule has 3 heteroatoms. The third kappa shape index (κ3) is 3.73. The first-order chi connectivity index (χ1) is 10.5. The minimum Gasteiger partial charge on any atom is -0.493 e. The van der Waals surface area contributed by atoms with Crippen molar-refractivity contribution in [1.29, 1.82) is 0 Å². The van der Waals surface area contributed by atoms with Gasteiger partial charge in [0.25, 0.3) is 0 Å². The number of benzene rings is 2. The Balaban J connectivity index is 2.35. The standard InChI is InChI=1S/C19H24O3/c1-19(2,3)15-11-17(20-4)18(21-5)12-16(15)22-13-14-9-7-6-8-10-14/h6-12H,13H2,1-5H3. The Morgan fingerprint density at radius 1 is 0.818 bits per heavy atom. The van der Waals surface area contributed by atoms with Gasteiger partial charge in [0.15, 0.2) is 11.5 Å². The number of ether oxygens (including phenoxy) is 3. The lowest BCUT2D eigenvalue weighted by molar-refractivity contribution is 0.291. The van der Waals surface area contributed by atoms with E-state index >= 15 is 0 Å². The SMILES string of the molecule is COc1cc(OCc2ccccc2)c(C(C)(C)C)cc1OC. The molecule has 0 unspecified atom stereocenters. The van der Waals surface area contributed by atoms with Crippen LogP contribution in [0.2, 0.25) is 0 Å². The van der Waals surface area contributed by atoms with Crippen LogP contribution in [0, 0.1) is 0 Å². The highest BCUT2D eigenvalue weighted by atomic mass is 16.5. The molecule has 0 amide bonds. The van der Waals surface area contributed by atoms with Gasteiger partial charge in [-0.3, -0.25) is 0 Å². The molecule has 0 aliphatic rings. The zero-order valence-corrected chi connectivity index (χ0v) is 14.0. The highest BCUT2D eigenvalue weighted by molar-refractivity contribution is 5.53. The van der Waals surface area contributed by atoms with Crippen molar-refractivity contribution in [2.75, 3.05) is 14.2 Å². The highest BCUT2D eigenvalue weighted by Gasteiger charge is 2.22. The fourth-order valence-corrected chi connectivity index (χ4v) is 2.30. The molecule has 0 radical (unpaired) electrons. The second-order valence-corrected chi connectivity index (χ2v) is 6.23. The van der Waals surface area contributed by atoms with Gasteiger partial charge in [0.05, 0.1) is 14.2 Å². The number of rotatable bonds is 5. The largest absolute Gasteiger partial charge is 0.493 e. The van der Waals surface area contributed by atoms with Crippen molar-refractivity contribution in [1.82, 2.24) is 0 Å². The van der Waals surface area contributed by atoms with Crippen molar-refractivity contribution in [2.45, 2.75) is 32.8 Å². The average molecular weight is 300 g/mol. The maximum absolute atomic E-state index is 6.06. The lowest BCUT2D eigenvalue weighted by atomic mass is 9.86. The van der Waals surface area contributed by atoms with E-state index in [1.807, 2.05) is 30.3 Å². The lowest BCUT2D eigenvalue weighted by Crippen LogP contribution is -2.14. The van der Waals surface area contributed by atoms with Crippen molar-refractivity contribution in [3.05, 3.63) is 53.6 Å². The Hall–Kier alpha value is -2.16. The molecule has 0 N–H and O–H groups in total. The normalized spacial score (nSPS) is 11.1. The Morgan fingerprint density at radius 3 is 1.95 bits per heavy atom. The molecular formula is C19H24O3. The van der Waals surface area contributed by atoms with Crippen molar-refractivity contribution >= 4 is 0 Å². The van der Waals surface area contributed by atoms with E-state index in [0.717, 1.165) is 22.6 Å². The molecule has 0 bridgehead atoms. The van der Waals surface area contributed by atoms with Gasteiger partial charge in [-0.05, 0) is 17.0 Å². The van der Waals surface area contributed by atoms with Crippen molar-refractivity contribution in [3.63, 3.8) is 0 Å². The number of hydrogen-bond donors (Lipinski definition) is 0. The molecule has 0 saturated heterocycles. The molecule has 0 aliphatic carbocycles. The predicted octanol–water partition coefficient (Wildman–Crippen LogP) is 4.58. The lowest BCUT2D eigenvalue weighted by Gasteiger charge is -2.24. The summed E-state index contributed by atoms with van der Waals surface area (Å²) < 4.78 is 16.9. The molecule has 2 aromatic carbocycles. The van der Waals surface area contributed by atoms with E-state index in [2.05, 4.69) is 32.9 Å². The zero-order chi connectivity index (χ0) is 16.2. The van der Waals surface area contributed by atoms with E-state index in [1.54, 1.807) is 14.2 Å². The first-order valence-electron chi connectivity index (χ1n) is 7.39. The Labute approximate surface area is 132 Å². The summed E-state index contributed by atoms with van der Waals surface area (Å²) in [5, 5.41) is 0. The quantitative estimate of drug-likeness (QED) is 0.809. The molecule has 3 nitrogen and oxygen atoms in total. The summed E-state index contributed by atoms with van der Waals surface area (Å²) in [5.74, 6) is 2.23. The maximum Gasteiger partial charge on any atom is 0.164 e. The van der Waals surface area contributed by atoms with Gasteiger partial charge in [0.2, 0.25) is 0 Å². The van der Waals surface area contributed by atoms with Crippen LogP contribution < -0.4 is 14.2 Å². The second-order valence-electron chi connectivity index (χ2n) is 6.23. The molecule has 0 aliphatic heterocycles. The minimum absolute atomic E-state index is 0.0500. The Bertz CT molecular complexity index is 613. The van der Waals surface area contributed by atoms with E-state index in [1.165, 1.54) is 0 Å². The van der Waals surface area contributed by atoms with E-state index < -0.39 is 0 Å². The van der Waals surface area contributed by atoms with Crippen LogP contribution in [0.5, 0.6) is 17.2 Å². The van der Waals surface area contributed by atoms with Crippen LogP contribution in [0.4, 0.5) is 0 Å². The number of hydrogen-bond acceptors (Lipinski definition) is 3. The van der Waals surface area contributed by atoms with Crippen LogP contribution in [-0.2, 0) is 12.0 Å². The first-order valence-corrected chi connectivity index (χ1v) is 7.39. The van der Waals surface area contributed by atoms with Gasteiger partial charge in [0.1, 0.15) is 12.4 Å². The van der Waals surface area contributed by atoms with Crippen molar-refractivity contribution < 1.29 is 14.2 Å². The first kappa shape index (κ1) is 16.2. The summed E-state index contributed by atoms with van der Waals surface area (Å²) in [6.45, 7) is 7.00. The molecule has 0 saturated carbocycles. The van der Waals surface area contributed by atoms with E-state index in [-0.39, 0.29) is 5.41 Å². The summed E-state index contributed by atoms with van der Waals surface area (Å²) in [6, 6.07) is 14.0. The van der Waals surface area contributed by atoms with E-state index in [9.17, 15) is 0 Å². The molecule has 0 atom stereocenters. The molecular weight excluding hydrogens is 276 g/mol. The van der Waals surface area contributed by atoms with Gasteiger partial charge in [-0.2, -0.15) is 0 Å². The van der Waals surface area contributed by atoms with Crippen LogP contribution in [-0.4, -0.2) is 14.2 Å². The molecule has 2 aromatic rings. The van der Waals surface area contributed by atoms with Gasteiger partial charge < -0.3 is 14.2 Å². The predicted molar refractivity (Wildman–Crippen MR) is 89.0 cm³/mol. The molecule has 118 valence electrons. The van der Waals surface area contributed by atoms with Crippen LogP contribution in [0.25, 0.3) is 0 Å². The van der Waals surface area contributed by atoms with Crippen LogP contribution in [0.1, 0.15) is 31.9 Å². The van der Waals surface area contributed by atoms with E-state index in [0.29, 0.717) is 12.4 Å². The molecule has 0 spiro atoms. The third-order valence-corrected chi connectivity index (χ3v) is 3.53. The second kappa shape index (κ2) is 6.73. The average Bonchev–Trinajstić information content (AvgIpc) is 2.52. The van der Waals surface area contributed by atoms with Crippen molar-refractivity contribution in [3.8, 4) is 17.2 Å². The summed E-state index contributed by atoms with van der Waals surface area (Å²) in [7, 11) is 3.28. The molecule has 0 fully saturated rings. The fourth-order valence-electron chi connectivity index (χ4n) is 2.30. The third-order valence-electron chi connectivity index (χ3n) is 3.53. The van der Waals surface area contributed by atoms with Gasteiger partial charge in [-0.15, -0.1) is 0 Å². The molecule has 2 rings (SSSR count). The molecule has 22 heavy (non-hydrogen) atoms. The van der Waals surface area contributed by atoms with Crippen LogP contribution in [0.15, 0.2) is 42.5 Å². The topological polar surface area (TPSA) is 27.7 Å². The monoisotopic (exact) mass is 300 g/mol. The molecule has 0 heterocycles. The fraction of sp³-hybridized carbons (Fsp3) is 0.368. The van der Waals surface area contributed by atoms with Gasteiger partial charge in [0, 0.05) is 11.6 Å². The summed E-state index contributed by atoms with van der Waals surface area (Å²) >= 11 is 0. The van der Waals surface area contributed by atoms with Gasteiger partial charge >= 0.3 is 0 Å². The minimum atomic E-state index is -0.0500. The van der Waals surface area contributed by atoms with Gasteiger partial charge in [-0.25, -0.2) is 0 Å². The summed E-state index contributed by atoms with van der Waals surface area (Å²) in [4.78, 5) is 0. The smallest absolute Gasteiger partial charge is 0.164 e. The summed E-state index contributed by atoms with van der Waals surface area (Å²) in [5.41, 5.74) is 2.18. The Morgan fingerprint density at radius 2 is 1.41 bits per heavy atom. The molecule has 0 aromatic heterocycles.